The van der Waals surface area contributed by atoms with Gasteiger partial charge in [0.2, 0.25) is 0 Å². The van der Waals surface area contributed by atoms with E-state index in [0.29, 0.717) is 17.2 Å². The molecule has 30 heavy (non-hydrogen) atoms. The maximum absolute atomic E-state index is 13.5. The zero-order valence-electron chi connectivity index (χ0n) is 17.5. The van der Waals surface area contributed by atoms with Gasteiger partial charge in [-0.3, -0.25) is 9.69 Å². The topological polar surface area (TPSA) is 46.3 Å². The molecule has 0 N–H and O–H groups in total. The van der Waals surface area contributed by atoms with E-state index in [1.807, 2.05) is 42.5 Å². The Labute approximate surface area is 184 Å². The Hall–Kier alpha value is -2.57. The predicted octanol–water partition coefficient (Wildman–Crippen LogP) is 6.76. The summed E-state index contributed by atoms with van der Waals surface area (Å²) >= 11 is 3.22. The van der Waals surface area contributed by atoms with Crippen LogP contribution in [0.25, 0.3) is 10.2 Å². The number of anilines is 1. The van der Waals surface area contributed by atoms with Crippen LogP contribution in [-0.4, -0.2) is 17.1 Å². The molecule has 0 aliphatic carbocycles. The van der Waals surface area contributed by atoms with Crippen molar-refractivity contribution in [2.24, 2.45) is 0 Å². The average Bonchev–Trinajstić information content (AvgIpc) is 3.39. The molecule has 0 saturated carbocycles. The fraction of sp³-hybridized carbons (Fsp3) is 0.250. The number of furan rings is 1. The molecule has 2 aromatic carbocycles. The minimum Gasteiger partial charge on any atom is -0.467 e. The standard InChI is InChI=1S/C24H24N2O2S2/c1-24(2,3)17-9-7-16(8-10-17)22(27)26(15-18-6-5-13-28-18)23-25-20-12-11-19(29-4)14-21(20)30-23/h5-14H,15H2,1-4H3. The Bertz CT molecular complexity index is 1160. The van der Waals surface area contributed by atoms with Crippen molar-refractivity contribution in [1.82, 2.24) is 4.98 Å². The largest absolute Gasteiger partial charge is 0.467 e. The van der Waals surface area contributed by atoms with Crippen LogP contribution in [0.4, 0.5) is 5.13 Å². The van der Waals surface area contributed by atoms with E-state index in [0.717, 1.165) is 16.0 Å². The minimum absolute atomic E-state index is 0.0391. The van der Waals surface area contributed by atoms with Gasteiger partial charge >= 0.3 is 0 Å². The van der Waals surface area contributed by atoms with Crippen LogP contribution in [0.15, 0.2) is 70.2 Å². The maximum atomic E-state index is 13.5. The lowest BCUT2D eigenvalue weighted by molar-refractivity contribution is 0.0983. The SMILES string of the molecule is CSc1ccc2nc(N(Cc3ccco3)C(=O)c3ccc(C(C)(C)C)cc3)sc2c1. The van der Waals surface area contributed by atoms with Crippen LogP contribution in [0.2, 0.25) is 0 Å². The van der Waals surface area contributed by atoms with Crippen LogP contribution in [-0.2, 0) is 12.0 Å². The Morgan fingerprint density at radius 2 is 1.90 bits per heavy atom. The molecule has 2 heterocycles. The van der Waals surface area contributed by atoms with Crippen molar-refractivity contribution in [3.05, 3.63) is 77.7 Å². The summed E-state index contributed by atoms with van der Waals surface area (Å²) in [6.07, 6.45) is 3.68. The summed E-state index contributed by atoms with van der Waals surface area (Å²) in [5.74, 6) is 0.634. The lowest BCUT2D eigenvalue weighted by atomic mass is 9.86. The zero-order valence-corrected chi connectivity index (χ0v) is 19.1. The Morgan fingerprint density at radius 3 is 2.53 bits per heavy atom. The number of aromatic nitrogens is 1. The van der Waals surface area contributed by atoms with Crippen LogP contribution >= 0.6 is 23.1 Å². The van der Waals surface area contributed by atoms with Crippen molar-refractivity contribution >= 4 is 44.4 Å². The van der Waals surface area contributed by atoms with E-state index in [1.54, 1.807) is 22.9 Å². The summed E-state index contributed by atoms with van der Waals surface area (Å²) in [6, 6.07) is 17.8. The van der Waals surface area contributed by atoms with Gasteiger partial charge in [-0.25, -0.2) is 4.98 Å². The number of hydrogen-bond donors (Lipinski definition) is 0. The second-order valence-corrected chi connectivity index (χ2v) is 10.0. The third-order valence-electron chi connectivity index (χ3n) is 4.95. The summed E-state index contributed by atoms with van der Waals surface area (Å²) in [5.41, 5.74) is 2.77. The van der Waals surface area contributed by atoms with Crippen molar-refractivity contribution < 1.29 is 9.21 Å². The predicted molar refractivity (Wildman–Crippen MR) is 126 cm³/mol. The molecule has 0 aliphatic rings. The summed E-state index contributed by atoms with van der Waals surface area (Å²) in [4.78, 5) is 21.1. The molecule has 0 fully saturated rings. The first kappa shape index (κ1) is 20.7. The summed E-state index contributed by atoms with van der Waals surface area (Å²) in [7, 11) is 0. The number of benzene rings is 2. The van der Waals surface area contributed by atoms with Gasteiger partial charge in [0.05, 0.1) is 23.0 Å². The smallest absolute Gasteiger partial charge is 0.260 e. The molecule has 4 rings (SSSR count). The number of carbonyl (C=O) groups is 1. The van der Waals surface area contributed by atoms with Crippen molar-refractivity contribution in [3.63, 3.8) is 0 Å². The van der Waals surface area contributed by atoms with E-state index in [9.17, 15) is 4.79 Å². The highest BCUT2D eigenvalue weighted by Crippen LogP contribution is 2.33. The quantitative estimate of drug-likeness (QED) is 0.324. The van der Waals surface area contributed by atoms with Gasteiger partial charge < -0.3 is 4.42 Å². The number of hydrogen-bond acceptors (Lipinski definition) is 5. The molecule has 0 bridgehead atoms. The average molecular weight is 437 g/mol. The van der Waals surface area contributed by atoms with Gasteiger partial charge in [0.15, 0.2) is 5.13 Å². The van der Waals surface area contributed by atoms with Crippen molar-refractivity contribution in [2.75, 3.05) is 11.2 Å². The number of amides is 1. The molecular formula is C24H24N2O2S2. The third-order valence-corrected chi connectivity index (χ3v) is 6.72. The van der Waals surface area contributed by atoms with Gasteiger partial charge in [-0.15, -0.1) is 11.8 Å². The van der Waals surface area contributed by atoms with Gasteiger partial charge in [0.25, 0.3) is 5.91 Å². The van der Waals surface area contributed by atoms with Crippen LogP contribution < -0.4 is 4.90 Å². The minimum atomic E-state index is -0.0870. The zero-order chi connectivity index (χ0) is 21.3. The summed E-state index contributed by atoms with van der Waals surface area (Å²) in [5, 5.41) is 0.671. The van der Waals surface area contributed by atoms with Crippen molar-refractivity contribution in [1.29, 1.82) is 0 Å². The van der Waals surface area contributed by atoms with E-state index in [4.69, 9.17) is 9.40 Å². The van der Waals surface area contributed by atoms with Crippen LogP contribution in [0, 0.1) is 0 Å². The van der Waals surface area contributed by atoms with Gasteiger partial charge in [-0.2, -0.15) is 0 Å². The highest BCUT2D eigenvalue weighted by Gasteiger charge is 2.23. The van der Waals surface area contributed by atoms with E-state index in [2.05, 4.69) is 39.2 Å². The summed E-state index contributed by atoms with van der Waals surface area (Å²) in [6.45, 7) is 6.83. The summed E-state index contributed by atoms with van der Waals surface area (Å²) < 4.78 is 6.59. The number of fused-ring (bicyclic) bond motifs is 1. The van der Waals surface area contributed by atoms with Crippen LogP contribution in [0.5, 0.6) is 0 Å². The van der Waals surface area contributed by atoms with E-state index in [-0.39, 0.29) is 11.3 Å². The van der Waals surface area contributed by atoms with Crippen LogP contribution in [0.1, 0.15) is 42.5 Å². The van der Waals surface area contributed by atoms with Gasteiger partial charge in [-0.1, -0.05) is 44.2 Å². The van der Waals surface area contributed by atoms with Crippen molar-refractivity contribution in [2.45, 2.75) is 37.6 Å². The highest BCUT2D eigenvalue weighted by molar-refractivity contribution is 7.98. The number of nitrogens with zero attached hydrogens (tertiary/aromatic N) is 2. The lowest BCUT2D eigenvalue weighted by Gasteiger charge is -2.21. The van der Waals surface area contributed by atoms with Gasteiger partial charge in [0.1, 0.15) is 5.76 Å². The van der Waals surface area contributed by atoms with Gasteiger partial charge in [0, 0.05) is 10.5 Å². The molecule has 154 valence electrons. The monoisotopic (exact) mass is 436 g/mol. The first-order valence-corrected chi connectivity index (χ1v) is 11.8. The highest BCUT2D eigenvalue weighted by atomic mass is 32.2. The van der Waals surface area contributed by atoms with E-state index in [1.165, 1.54) is 21.8 Å². The lowest BCUT2D eigenvalue weighted by Crippen LogP contribution is -2.30. The first-order valence-electron chi connectivity index (χ1n) is 9.74. The second-order valence-electron chi connectivity index (χ2n) is 8.13. The molecular weight excluding hydrogens is 412 g/mol. The molecule has 0 unspecified atom stereocenters. The molecule has 6 heteroatoms. The molecule has 0 aliphatic heterocycles. The molecule has 0 spiro atoms. The Balaban J connectivity index is 1.72. The van der Waals surface area contributed by atoms with Crippen LogP contribution in [0.3, 0.4) is 0 Å². The fourth-order valence-corrected chi connectivity index (χ4v) is 4.71. The number of carbonyl (C=O) groups excluding carboxylic acids is 1. The Kier molecular flexibility index (Phi) is 5.71. The third kappa shape index (κ3) is 4.30. The molecule has 4 nitrogen and oxygen atoms in total. The molecule has 0 saturated heterocycles. The second kappa shape index (κ2) is 8.28. The molecule has 0 radical (unpaired) electrons. The van der Waals surface area contributed by atoms with Crippen molar-refractivity contribution in [3.8, 4) is 0 Å². The van der Waals surface area contributed by atoms with E-state index >= 15 is 0 Å². The first-order chi connectivity index (χ1) is 14.3. The fourth-order valence-electron chi connectivity index (χ4n) is 3.19. The molecule has 4 aromatic rings. The Morgan fingerprint density at radius 1 is 1.13 bits per heavy atom. The number of thiazole rings is 1. The molecule has 1 amide bonds. The normalized spacial score (nSPS) is 11.7. The van der Waals surface area contributed by atoms with E-state index < -0.39 is 0 Å². The number of thioether (sulfide) groups is 1. The van der Waals surface area contributed by atoms with Gasteiger partial charge in [-0.05, 0) is 59.7 Å². The number of rotatable bonds is 5. The maximum Gasteiger partial charge on any atom is 0.260 e. The molecule has 2 aromatic heterocycles. The molecule has 0 atom stereocenters.